The summed E-state index contributed by atoms with van der Waals surface area (Å²) in [6.45, 7) is 1.30. The number of sulfonamides is 1. The van der Waals surface area contributed by atoms with Crippen LogP contribution in [0.3, 0.4) is 0 Å². The smallest absolute Gasteiger partial charge is 0.243 e. The van der Waals surface area contributed by atoms with E-state index in [-0.39, 0.29) is 31.1 Å². The highest BCUT2D eigenvalue weighted by molar-refractivity contribution is 7.89. The Bertz CT molecular complexity index is 1090. The highest BCUT2D eigenvalue weighted by atomic mass is 32.2. The average Bonchev–Trinajstić information content (AvgIpc) is 3.05. The minimum absolute atomic E-state index is 0.110. The van der Waals surface area contributed by atoms with Gasteiger partial charge in [0.05, 0.1) is 17.6 Å². The molecule has 0 saturated heterocycles. The van der Waals surface area contributed by atoms with Crippen LogP contribution >= 0.6 is 0 Å². The van der Waals surface area contributed by atoms with E-state index in [4.69, 9.17) is 0 Å². The Hall–Kier alpha value is -2.52. The van der Waals surface area contributed by atoms with E-state index < -0.39 is 16.1 Å². The van der Waals surface area contributed by atoms with Crippen LogP contribution in [0.15, 0.2) is 59.6 Å². The van der Waals surface area contributed by atoms with E-state index in [9.17, 15) is 23.4 Å². The predicted molar refractivity (Wildman–Crippen MR) is 110 cm³/mol. The van der Waals surface area contributed by atoms with Gasteiger partial charge in [-0.3, -0.25) is 4.79 Å². The van der Waals surface area contributed by atoms with E-state index in [0.717, 1.165) is 27.1 Å². The number of aliphatic hydroxyl groups is 2. The van der Waals surface area contributed by atoms with Crippen LogP contribution in [0.25, 0.3) is 10.9 Å². The van der Waals surface area contributed by atoms with Gasteiger partial charge in [-0.05, 0) is 25.1 Å². The topological polar surface area (TPSA) is 99.8 Å². The first-order valence-corrected chi connectivity index (χ1v) is 10.7. The molecule has 2 N–H and O–H groups in total. The Morgan fingerprint density at radius 3 is 2.48 bits per heavy atom. The lowest BCUT2D eigenvalue weighted by Gasteiger charge is -2.24. The summed E-state index contributed by atoms with van der Waals surface area (Å²) < 4.78 is 28.7. The van der Waals surface area contributed by atoms with Crippen LogP contribution in [-0.4, -0.2) is 59.6 Å². The van der Waals surface area contributed by atoms with Crippen LogP contribution in [0.4, 0.5) is 0 Å². The lowest BCUT2D eigenvalue weighted by molar-refractivity contribution is 0.112. The lowest BCUT2D eigenvalue weighted by atomic mass is 10.2. The van der Waals surface area contributed by atoms with Crippen molar-refractivity contribution in [3.05, 3.63) is 65.9 Å². The summed E-state index contributed by atoms with van der Waals surface area (Å²) in [5, 5.41) is 20.7. The molecular formula is C21H24N2O5S. The maximum Gasteiger partial charge on any atom is 0.243 e. The number of fused-ring (bicyclic) bond motifs is 1. The molecule has 1 atom stereocenters. The van der Waals surface area contributed by atoms with Crippen molar-refractivity contribution in [2.45, 2.75) is 24.5 Å². The molecule has 0 aliphatic rings. The van der Waals surface area contributed by atoms with Gasteiger partial charge in [0.15, 0.2) is 6.29 Å². The fourth-order valence-electron chi connectivity index (χ4n) is 3.32. The standard InChI is InChI=1S/C21H24N2O5S/c1-16-6-8-19(9-7-16)29(27,28)23(10-11-24)14-18(26)13-22-12-17(15-25)20-4-2-3-5-21(20)22/h2-9,12,15,18,24,26H,10-11,13-14H2,1H3/t18-/m1/s1. The molecule has 8 heteroatoms. The Morgan fingerprint density at radius 1 is 1.14 bits per heavy atom. The normalized spacial score (nSPS) is 13.1. The molecular weight excluding hydrogens is 392 g/mol. The van der Waals surface area contributed by atoms with Crippen molar-refractivity contribution < 1.29 is 23.4 Å². The van der Waals surface area contributed by atoms with E-state index in [1.807, 2.05) is 31.2 Å². The quantitative estimate of drug-likeness (QED) is 0.518. The molecule has 0 amide bonds. The van der Waals surface area contributed by atoms with Gasteiger partial charge in [-0.15, -0.1) is 0 Å². The van der Waals surface area contributed by atoms with Crippen molar-refractivity contribution in [2.75, 3.05) is 19.7 Å². The van der Waals surface area contributed by atoms with Gasteiger partial charge in [0.25, 0.3) is 0 Å². The number of benzene rings is 2. The van der Waals surface area contributed by atoms with Crippen LogP contribution < -0.4 is 0 Å². The van der Waals surface area contributed by atoms with Crippen molar-refractivity contribution in [1.82, 2.24) is 8.87 Å². The number of carbonyl (C=O) groups excluding carboxylic acids is 1. The van der Waals surface area contributed by atoms with Crippen molar-refractivity contribution in [2.24, 2.45) is 0 Å². The molecule has 0 saturated carbocycles. The van der Waals surface area contributed by atoms with Crippen LogP contribution in [0.1, 0.15) is 15.9 Å². The maximum atomic E-state index is 12.9. The second kappa shape index (κ2) is 8.87. The first-order chi connectivity index (χ1) is 13.9. The van der Waals surface area contributed by atoms with Crippen LogP contribution in [0, 0.1) is 6.92 Å². The third kappa shape index (κ3) is 4.56. The predicted octanol–water partition coefficient (Wildman–Crippen LogP) is 1.81. The molecule has 0 fully saturated rings. The zero-order chi connectivity index (χ0) is 21.0. The van der Waals surface area contributed by atoms with Crippen molar-refractivity contribution >= 4 is 27.2 Å². The summed E-state index contributed by atoms with van der Waals surface area (Å²) in [5.74, 6) is 0. The first kappa shape index (κ1) is 21.2. The van der Waals surface area contributed by atoms with Crippen LogP contribution in [0.5, 0.6) is 0 Å². The number of aromatic nitrogens is 1. The molecule has 3 rings (SSSR count). The van der Waals surface area contributed by atoms with Gasteiger partial charge in [-0.25, -0.2) is 8.42 Å². The van der Waals surface area contributed by atoms with E-state index in [1.54, 1.807) is 22.9 Å². The number of hydrogen-bond donors (Lipinski definition) is 2. The SMILES string of the molecule is Cc1ccc(S(=O)(=O)N(CCO)C[C@H](O)Cn2cc(C=O)c3ccccc32)cc1. The zero-order valence-corrected chi connectivity index (χ0v) is 16.9. The highest BCUT2D eigenvalue weighted by Crippen LogP contribution is 2.21. The van der Waals surface area contributed by atoms with Crippen molar-refractivity contribution in [1.29, 1.82) is 0 Å². The molecule has 0 unspecified atom stereocenters. The molecule has 2 aromatic carbocycles. The summed E-state index contributed by atoms with van der Waals surface area (Å²) in [5.41, 5.74) is 2.22. The van der Waals surface area contributed by atoms with E-state index in [2.05, 4.69) is 0 Å². The minimum Gasteiger partial charge on any atom is -0.395 e. The maximum absolute atomic E-state index is 12.9. The largest absolute Gasteiger partial charge is 0.395 e. The van der Waals surface area contributed by atoms with Crippen molar-refractivity contribution in [3.63, 3.8) is 0 Å². The number of rotatable bonds is 9. The second-order valence-electron chi connectivity index (χ2n) is 6.93. The Balaban J connectivity index is 1.82. The van der Waals surface area contributed by atoms with Crippen molar-refractivity contribution in [3.8, 4) is 0 Å². The molecule has 154 valence electrons. The van der Waals surface area contributed by atoms with Gasteiger partial charge in [0.1, 0.15) is 0 Å². The number of nitrogens with zero attached hydrogens (tertiary/aromatic N) is 2. The highest BCUT2D eigenvalue weighted by Gasteiger charge is 2.26. The molecule has 7 nitrogen and oxygen atoms in total. The van der Waals surface area contributed by atoms with Gasteiger partial charge < -0.3 is 14.8 Å². The molecule has 29 heavy (non-hydrogen) atoms. The fraction of sp³-hybridized carbons (Fsp3) is 0.286. The molecule has 0 spiro atoms. The fourth-order valence-corrected chi connectivity index (χ4v) is 4.79. The summed E-state index contributed by atoms with van der Waals surface area (Å²) in [6, 6.07) is 13.7. The van der Waals surface area contributed by atoms with Gasteiger partial charge in [-0.1, -0.05) is 35.9 Å². The summed E-state index contributed by atoms with van der Waals surface area (Å²) in [6.07, 6.45) is 1.37. The summed E-state index contributed by atoms with van der Waals surface area (Å²) >= 11 is 0. The number of aliphatic hydroxyl groups excluding tert-OH is 2. The number of carbonyl (C=O) groups is 1. The monoisotopic (exact) mass is 416 g/mol. The molecule has 0 bridgehead atoms. The third-order valence-corrected chi connectivity index (χ3v) is 6.66. The van der Waals surface area contributed by atoms with Gasteiger partial charge in [0.2, 0.25) is 10.0 Å². The molecule has 0 aliphatic carbocycles. The number of aldehydes is 1. The minimum atomic E-state index is -3.86. The number of para-hydroxylation sites is 1. The lowest BCUT2D eigenvalue weighted by Crippen LogP contribution is -2.40. The second-order valence-corrected chi connectivity index (χ2v) is 8.86. The summed E-state index contributed by atoms with van der Waals surface area (Å²) in [7, 11) is -3.86. The summed E-state index contributed by atoms with van der Waals surface area (Å²) in [4.78, 5) is 11.4. The Morgan fingerprint density at radius 2 is 1.83 bits per heavy atom. The van der Waals surface area contributed by atoms with E-state index in [1.165, 1.54) is 12.1 Å². The zero-order valence-electron chi connectivity index (χ0n) is 16.1. The van der Waals surface area contributed by atoms with Gasteiger partial charge >= 0.3 is 0 Å². The van der Waals surface area contributed by atoms with Gasteiger partial charge in [0, 0.05) is 42.3 Å². The van der Waals surface area contributed by atoms with Crippen LogP contribution in [-0.2, 0) is 16.6 Å². The van der Waals surface area contributed by atoms with E-state index >= 15 is 0 Å². The Labute approximate surface area is 169 Å². The number of aryl methyl sites for hydroxylation is 1. The molecule has 1 heterocycles. The Kier molecular flexibility index (Phi) is 6.49. The average molecular weight is 416 g/mol. The first-order valence-electron chi connectivity index (χ1n) is 9.25. The third-order valence-electron chi connectivity index (χ3n) is 4.78. The molecule has 3 aromatic rings. The molecule has 0 radical (unpaired) electrons. The molecule has 0 aliphatic heterocycles. The van der Waals surface area contributed by atoms with Crippen LogP contribution in [0.2, 0.25) is 0 Å². The van der Waals surface area contributed by atoms with E-state index in [0.29, 0.717) is 5.56 Å². The molecule has 1 aromatic heterocycles. The van der Waals surface area contributed by atoms with Gasteiger partial charge in [-0.2, -0.15) is 4.31 Å². The number of hydrogen-bond acceptors (Lipinski definition) is 5.